The van der Waals surface area contributed by atoms with E-state index in [-0.39, 0.29) is 5.91 Å². The van der Waals surface area contributed by atoms with E-state index in [1.165, 1.54) is 0 Å². The van der Waals surface area contributed by atoms with Crippen molar-refractivity contribution < 1.29 is 9.53 Å². The summed E-state index contributed by atoms with van der Waals surface area (Å²) in [5.41, 5.74) is 4.33. The summed E-state index contributed by atoms with van der Waals surface area (Å²) in [5, 5.41) is 3.99. The average molecular weight is 351 g/mol. The van der Waals surface area contributed by atoms with Crippen LogP contribution in [0.3, 0.4) is 0 Å². The Hall–Kier alpha value is -2.95. The lowest BCUT2D eigenvalue weighted by molar-refractivity contribution is 0.102. The van der Waals surface area contributed by atoms with Crippen LogP contribution < -0.4 is 15.0 Å². The van der Waals surface area contributed by atoms with Crippen LogP contribution in [0.15, 0.2) is 42.5 Å². The number of rotatable bonds is 6. The molecule has 0 fully saturated rings. The molecule has 5 nitrogen and oxygen atoms in total. The van der Waals surface area contributed by atoms with Crippen LogP contribution in [0.2, 0.25) is 0 Å². The maximum absolute atomic E-state index is 12.7. The van der Waals surface area contributed by atoms with Gasteiger partial charge in [0, 0.05) is 41.4 Å². The summed E-state index contributed by atoms with van der Waals surface area (Å²) in [7, 11) is 1.63. The largest absolute Gasteiger partial charge is 0.497 e. The molecule has 1 aromatic heterocycles. The van der Waals surface area contributed by atoms with E-state index >= 15 is 0 Å². The van der Waals surface area contributed by atoms with Crippen LogP contribution in [0, 0.1) is 6.92 Å². The van der Waals surface area contributed by atoms with Gasteiger partial charge in [0.1, 0.15) is 11.4 Å². The summed E-state index contributed by atoms with van der Waals surface area (Å²) >= 11 is 0. The second-order valence-electron chi connectivity index (χ2n) is 6.21. The Balaban J connectivity index is 1.81. The Morgan fingerprint density at radius 2 is 1.81 bits per heavy atom. The van der Waals surface area contributed by atoms with E-state index in [2.05, 4.69) is 29.0 Å². The molecular formula is C21H25N3O2. The highest BCUT2D eigenvalue weighted by atomic mass is 16.5. The van der Waals surface area contributed by atoms with E-state index in [9.17, 15) is 4.79 Å². The number of carbonyl (C=O) groups excluding carboxylic acids is 1. The van der Waals surface area contributed by atoms with Crippen molar-refractivity contribution in [3.05, 3.63) is 53.7 Å². The van der Waals surface area contributed by atoms with Crippen molar-refractivity contribution in [2.75, 3.05) is 30.4 Å². The number of nitrogens with one attached hydrogen (secondary N) is 2. The van der Waals surface area contributed by atoms with Crippen LogP contribution >= 0.6 is 0 Å². The van der Waals surface area contributed by atoms with Gasteiger partial charge in [-0.2, -0.15) is 0 Å². The van der Waals surface area contributed by atoms with Crippen molar-refractivity contribution in [3.63, 3.8) is 0 Å². The van der Waals surface area contributed by atoms with Crippen LogP contribution in [0.25, 0.3) is 10.9 Å². The Morgan fingerprint density at radius 1 is 1.12 bits per heavy atom. The second-order valence-corrected chi connectivity index (χ2v) is 6.21. The molecule has 0 saturated heterocycles. The summed E-state index contributed by atoms with van der Waals surface area (Å²) in [6, 6.07) is 13.7. The predicted molar refractivity (Wildman–Crippen MR) is 108 cm³/mol. The molecular weight excluding hydrogens is 326 g/mol. The minimum absolute atomic E-state index is 0.145. The summed E-state index contributed by atoms with van der Waals surface area (Å²) < 4.78 is 5.25. The lowest BCUT2D eigenvalue weighted by Crippen LogP contribution is -2.21. The molecule has 5 heteroatoms. The summed E-state index contributed by atoms with van der Waals surface area (Å²) in [6.07, 6.45) is 0. The first-order valence-corrected chi connectivity index (χ1v) is 8.90. The molecule has 1 heterocycles. The number of methoxy groups -OCH3 is 1. The fourth-order valence-corrected chi connectivity index (χ4v) is 3.21. The summed E-state index contributed by atoms with van der Waals surface area (Å²) in [5.74, 6) is 0.617. The molecule has 0 aliphatic rings. The number of benzene rings is 2. The van der Waals surface area contributed by atoms with Gasteiger partial charge in [-0.25, -0.2) is 0 Å². The normalized spacial score (nSPS) is 10.8. The molecule has 2 aromatic carbocycles. The molecule has 26 heavy (non-hydrogen) atoms. The van der Waals surface area contributed by atoms with E-state index in [0.717, 1.165) is 46.7 Å². The molecule has 0 aliphatic heterocycles. The van der Waals surface area contributed by atoms with Crippen molar-refractivity contribution in [3.8, 4) is 5.75 Å². The number of hydrogen-bond donors (Lipinski definition) is 2. The molecule has 0 unspecified atom stereocenters. The number of hydrogen-bond acceptors (Lipinski definition) is 3. The van der Waals surface area contributed by atoms with Crippen LogP contribution in [0.1, 0.15) is 29.9 Å². The molecule has 3 rings (SSSR count). The fourth-order valence-electron chi connectivity index (χ4n) is 3.21. The zero-order chi connectivity index (χ0) is 18.7. The molecule has 136 valence electrons. The Morgan fingerprint density at radius 3 is 2.42 bits per heavy atom. The number of fused-ring (bicyclic) bond motifs is 1. The molecule has 0 aliphatic carbocycles. The lowest BCUT2D eigenvalue weighted by Gasteiger charge is -2.21. The maximum atomic E-state index is 12.7. The topological polar surface area (TPSA) is 57.4 Å². The highest BCUT2D eigenvalue weighted by molar-refractivity contribution is 6.08. The number of aromatic nitrogens is 1. The van der Waals surface area contributed by atoms with E-state index in [1.54, 1.807) is 7.11 Å². The van der Waals surface area contributed by atoms with Gasteiger partial charge in [-0.05, 0) is 62.7 Å². The molecule has 2 N–H and O–H groups in total. The van der Waals surface area contributed by atoms with Gasteiger partial charge in [0.2, 0.25) is 0 Å². The van der Waals surface area contributed by atoms with Crippen molar-refractivity contribution in [1.82, 2.24) is 4.98 Å². The maximum Gasteiger partial charge on any atom is 0.272 e. The highest BCUT2D eigenvalue weighted by Gasteiger charge is 2.15. The van der Waals surface area contributed by atoms with Gasteiger partial charge >= 0.3 is 0 Å². The van der Waals surface area contributed by atoms with Crippen LogP contribution in [0.4, 0.5) is 11.4 Å². The molecule has 0 spiro atoms. The minimum Gasteiger partial charge on any atom is -0.497 e. The van der Waals surface area contributed by atoms with Crippen molar-refractivity contribution >= 4 is 28.2 Å². The molecule has 1 amide bonds. The molecule has 0 radical (unpaired) electrons. The molecule has 0 atom stereocenters. The van der Waals surface area contributed by atoms with Crippen molar-refractivity contribution in [2.24, 2.45) is 0 Å². The first-order chi connectivity index (χ1) is 12.6. The number of nitrogens with zero attached hydrogens (tertiary/aromatic N) is 1. The van der Waals surface area contributed by atoms with E-state index < -0.39 is 0 Å². The average Bonchev–Trinajstić information content (AvgIpc) is 3.00. The van der Waals surface area contributed by atoms with Gasteiger partial charge in [0.25, 0.3) is 5.91 Å². The number of aromatic amines is 1. The van der Waals surface area contributed by atoms with Gasteiger partial charge in [0.05, 0.1) is 7.11 Å². The van der Waals surface area contributed by atoms with Gasteiger partial charge in [0.15, 0.2) is 0 Å². The van der Waals surface area contributed by atoms with E-state index in [1.807, 2.05) is 49.4 Å². The van der Waals surface area contributed by atoms with E-state index in [4.69, 9.17) is 4.74 Å². The predicted octanol–water partition coefficient (Wildman–Crippen LogP) is 4.58. The number of aryl methyl sites for hydroxylation is 1. The van der Waals surface area contributed by atoms with Gasteiger partial charge in [-0.1, -0.05) is 0 Å². The third-order valence-corrected chi connectivity index (χ3v) is 4.75. The number of ether oxygens (including phenoxy) is 1. The zero-order valence-corrected chi connectivity index (χ0v) is 15.7. The SMILES string of the molecule is CCN(CC)c1ccc(NC(=O)c2[nH]c3cc(OC)ccc3c2C)cc1. The Labute approximate surface area is 154 Å². The quantitative estimate of drug-likeness (QED) is 0.683. The van der Waals surface area contributed by atoms with Crippen molar-refractivity contribution in [2.45, 2.75) is 20.8 Å². The monoisotopic (exact) mass is 351 g/mol. The lowest BCUT2D eigenvalue weighted by atomic mass is 10.1. The highest BCUT2D eigenvalue weighted by Crippen LogP contribution is 2.26. The third kappa shape index (κ3) is 3.38. The number of carbonyl (C=O) groups is 1. The van der Waals surface area contributed by atoms with Crippen LogP contribution in [0.5, 0.6) is 5.75 Å². The van der Waals surface area contributed by atoms with Gasteiger partial charge in [-0.15, -0.1) is 0 Å². The van der Waals surface area contributed by atoms with E-state index in [0.29, 0.717) is 5.69 Å². The molecule has 0 bridgehead atoms. The number of amides is 1. The smallest absolute Gasteiger partial charge is 0.272 e. The summed E-state index contributed by atoms with van der Waals surface area (Å²) in [4.78, 5) is 18.2. The Kier molecular flexibility index (Phi) is 5.16. The van der Waals surface area contributed by atoms with Gasteiger partial charge < -0.3 is 19.9 Å². The standard InChI is InChI=1S/C21H25N3O2/c1-5-24(6-2)16-9-7-15(8-10-16)22-21(25)20-14(3)18-12-11-17(26-4)13-19(18)23-20/h7-13,23H,5-6H2,1-4H3,(H,22,25). The second kappa shape index (κ2) is 7.52. The van der Waals surface area contributed by atoms with Crippen molar-refractivity contribution in [1.29, 1.82) is 0 Å². The number of H-pyrrole nitrogens is 1. The zero-order valence-electron chi connectivity index (χ0n) is 15.7. The third-order valence-electron chi connectivity index (χ3n) is 4.75. The van der Waals surface area contributed by atoms with Crippen LogP contribution in [-0.4, -0.2) is 31.1 Å². The first kappa shape index (κ1) is 17.9. The number of anilines is 2. The molecule has 0 saturated carbocycles. The Bertz CT molecular complexity index is 909. The first-order valence-electron chi connectivity index (χ1n) is 8.90. The van der Waals surface area contributed by atoms with Gasteiger partial charge in [-0.3, -0.25) is 4.79 Å². The summed E-state index contributed by atoms with van der Waals surface area (Å²) in [6.45, 7) is 8.13. The minimum atomic E-state index is -0.145. The fraction of sp³-hybridized carbons (Fsp3) is 0.286. The molecule has 3 aromatic rings. The van der Waals surface area contributed by atoms with Crippen LogP contribution in [-0.2, 0) is 0 Å².